The first kappa shape index (κ1) is 18.2. The fourth-order valence-corrected chi connectivity index (χ4v) is 3.63. The number of rotatable bonds is 5. The molecule has 1 aromatic heterocycles. The first-order valence-electron chi connectivity index (χ1n) is 8.21. The normalized spacial score (nSPS) is 19.9. The van der Waals surface area contributed by atoms with E-state index in [2.05, 4.69) is 22.1 Å². The van der Waals surface area contributed by atoms with Crippen molar-refractivity contribution in [3.8, 4) is 0 Å². The topological polar surface area (TPSA) is 68.7 Å². The molecule has 130 valence electrons. The molecule has 1 saturated heterocycles. The molecule has 2 heterocycles. The number of amides is 2. The van der Waals surface area contributed by atoms with Gasteiger partial charge in [-0.3, -0.25) is 4.90 Å². The maximum atomic E-state index is 12.4. The molecule has 23 heavy (non-hydrogen) atoms. The predicted octanol–water partition coefficient (Wildman–Crippen LogP) is 1.69. The van der Waals surface area contributed by atoms with Crippen LogP contribution in [-0.4, -0.2) is 63.7 Å². The van der Waals surface area contributed by atoms with Gasteiger partial charge in [0.25, 0.3) is 0 Å². The Labute approximate surface area is 142 Å². The quantitative estimate of drug-likeness (QED) is 0.856. The minimum absolute atomic E-state index is 0.0357. The Hall–Kier alpha value is -1.18. The van der Waals surface area contributed by atoms with Gasteiger partial charge in [-0.05, 0) is 27.2 Å². The van der Waals surface area contributed by atoms with Gasteiger partial charge in [0, 0.05) is 37.6 Å². The molecular formula is C16H28N4O2S. The molecule has 1 aromatic rings. The van der Waals surface area contributed by atoms with E-state index in [1.54, 1.807) is 11.3 Å². The van der Waals surface area contributed by atoms with Gasteiger partial charge >= 0.3 is 6.03 Å². The van der Waals surface area contributed by atoms with Crippen LogP contribution in [0.3, 0.4) is 0 Å². The van der Waals surface area contributed by atoms with E-state index in [0.29, 0.717) is 19.6 Å². The lowest BCUT2D eigenvalue weighted by molar-refractivity contribution is 0.0119. The summed E-state index contributed by atoms with van der Waals surface area (Å²) in [5.74, 6) is 0. The summed E-state index contributed by atoms with van der Waals surface area (Å²) in [4.78, 5) is 20.9. The van der Waals surface area contributed by atoms with E-state index in [1.807, 2.05) is 31.1 Å². The molecular weight excluding hydrogens is 312 g/mol. The van der Waals surface area contributed by atoms with Gasteiger partial charge in [0.05, 0.1) is 22.8 Å². The molecule has 0 bridgehead atoms. The summed E-state index contributed by atoms with van der Waals surface area (Å²) in [6, 6.07) is 0.0965. The monoisotopic (exact) mass is 340 g/mol. The summed E-state index contributed by atoms with van der Waals surface area (Å²) in [6.45, 7) is 11.1. The standard InChI is InChI=1S/C16H28N4O2S/c1-5-14-18-13(10-23-14)8-17-15(21)20-7-6-19(9-12(20)2)11-16(3,4)22/h10,12,22H,5-9,11H2,1-4H3,(H,17,21). The van der Waals surface area contributed by atoms with Crippen molar-refractivity contribution in [3.05, 3.63) is 16.1 Å². The SMILES string of the molecule is CCc1nc(CNC(=O)N2CCN(CC(C)(C)O)CC2C)cs1. The fourth-order valence-electron chi connectivity index (χ4n) is 2.89. The van der Waals surface area contributed by atoms with Crippen LogP contribution < -0.4 is 5.32 Å². The van der Waals surface area contributed by atoms with E-state index in [4.69, 9.17) is 0 Å². The van der Waals surface area contributed by atoms with Gasteiger partial charge in [0.2, 0.25) is 0 Å². The van der Waals surface area contributed by atoms with Crippen molar-refractivity contribution in [1.82, 2.24) is 20.1 Å². The van der Waals surface area contributed by atoms with Gasteiger partial charge in [0.1, 0.15) is 0 Å². The van der Waals surface area contributed by atoms with Crippen molar-refractivity contribution in [2.45, 2.75) is 52.3 Å². The summed E-state index contributed by atoms with van der Waals surface area (Å²) in [5.41, 5.74) is 0.222. The van der Waals surface area contributed by atoms with Crippen LogP contribution in [0, 0.1) is 0 Å². The van der Waals surface area contributed by atoms with E-state index < -0.39 is 5.60 Å². The minimum atomic E-state index is -0.703. The highest BCUT2D eigenvalue weighted by Gasteiger charge is 2.29. The summed E-state index contributed by atoms with van der Waals surface area (Å²) < 4.78 is 0. The number of carbonyl (C=O) groups is 1. The Morgan fingerprint density at radius 1 is 1.52 bits per heavy atom. The number of urea groups is 1. The van der Waals surface area contributed by atoms with Gasteiger partial charge in [0.15, 0.2) is 0 Å². The Bertz CT molecular complexity index is 526. The molecule has 0 radical (unpaired) electrons. The number of aryl methyl sites for hydroxylation is 1. The number of nitrogens with one attached hydrogen (secondary N) is 1. The van der Waals surface area contributed by atoms with Gasteiger partial charge in [-0.1, -0.05) is 6.92 Å². The number of piperazine rings is 1. The lowest BCUT2D eigenvalue weighted by Gasteiger charge is -2.41. The third-order valence-corrected chi connectivity index (χ3v) is 4.95. The number of aliphatic hydroxyl groups is 1. The Morgan fingerprint density at radius 2 is 2.26 bits per heavy atom. The number of β-amino-alcohol motifs (C(OH)–C–C–N with tert-alkyl or cyclic N) is 1. The number of thiazole rings is 1. The van der Waals surface area contributed by atoms with Crippen molar-refractivity contribution in [1.29, 1.82) is 0 Å². The van der Waals surface area contributed by atoms with E-state index in [1.165, 1.54) is 0 Å². The van der Waals surface area contributed by atoms with E-state index in [9.17, 15) is 9.90 Å². The van der Waals surface area contributed by atoms with Crippen LogP contribution in [0.2, 0.25) is 0 Å². The highest BCUT2D eigenvalue weighted by molar-refractivity contribution is 7.09. The third-order valence-electron chi connectivity index (χ3n) is 3.91. The lowest BCUT2D eigenvalue weighted by atomic mass is 10.1. The van der Waals surface area contributed by atoms with Crippen LogP contribution in [-0.2, 0) is 13.0 Å². The van der Waals surface area contributed by atoms with Crippen molar-refractivity contribution in [2.24, 2.45) is 0 Å². The lowest BCUT2D eigenvalue weighted by Crippen LogP contribution is -2.58. The Kier molecular flexibility index (Phi) is 6.00. The highest BCUT2D eigenvalue weighted by atomic mass is 32.1. The number of aromatic nitrogens is 1. The summed E-state index contributed by atoms with van der Waals surface area (Å²) in [5, 5.41) is 16.0. The molecule has 0 saturated carbocycles. The zero-order valence-corrected chi connectivity index (χ0v) is 15.3. The third kappa shape index (κ3) is 5.44. The molecule has 2 rings (SSSR count). The van der Waals surface area contributed by atoms with Crippen LogP contribution >= 0.6 is 11.3 Å². The first-order valence-corrected chi connectivity index (χ1v) is 9.09. The van der Waals surface area contributed by atoms with E-state index in [-0.39, 0.29) is 12.1 Å². The van der Waals surface area contributed by atoms with Crippen molar-refractivity contribution in [2.75, 3.05) is 26.2 Å². The molecule has 1 aliphatic heterocycles. The highest BCUT2D eigenvalue weighted by Crippen LogP contribution is 2.14. The maximum absolute atomic E-state index is 12.4. The Balaban J connectivity index is 1.81. The van der Waals surface area contributed by atoms with Gasteiger partial charge < -0.3 is 15.3 Å². The largest absolute Gasteiger partial charge is 0.389 e. The smallest absolute Gasteiger partial charge is 0.318 e. The first-order chi connectivity index (χ1) is 10.8. The molecule has 1 unspecified atom stereocenters. The van der Waals surface area contributed by atoms with Crippen LogP contribution in [0.4, 0.5) is 4.79 Å². The molecule has 0 aromatic carbocycles. The molecule has 0 spiro atoms. The number of carbonyl (C=O) groups excluding carboxylic acids is 1. The zero-order valence-electron chi connectivity index (χ0n) is 14.5. The number of hydrogen-bond donors (Lipinski definition) is 2. The molecule has 2 amide bonds. The van der Waals surface area contributed by atoms with Gasteiger partial charge in [-0.15, -0.1) is 11.3 Å². The fraction of sp³-hybridized carbons (Fsp3) is 0.750. The van der Waals surface area contributed by atoms with E-state index >= 15 is 0 Å². The molecule has 1 fully saturated rings. The number of nitrogens with zero attached hydrogens (tertiary/aromatic N) is 3. The van der Waals surface area contributed by atoms with Gasteiger partial charge in [-0.25, -0.2) is 9.78 Å². The van der Waals surface area contributed by atoms with Gasteiger partial charge in [-0.2, -0.15) is 0 Å². The molecule has 1 aliphatic rings. The zero-order chi connectivity index (χ0) is 17.0. The summed E-state index contributed by atoms with van der Waals surface area (Å²) in [6.07, 6.45) is 0.929. The van der Waals surface area contributed by atoms with Crippen molar-refractivity contribution < 1.29 is 9.90 Å². The predicted molar refractivity (Wildman–Crippen MR) is 92.6 cm³/mol. The van der Waals surface area contributed by atoms with E-state index in [0.717, 1.165) is 30.2 Å². The van der Waals surface area contributed by atoms with Crippen molar-refractivity contribution in [3.63, 3.8) is 0 Å². The van der Waals surface area contributed by atoms with Crippen molar-refractivity contribution >= 4 is 17.4 Å². The molecule has 7 heteroatoms. The molecule has 1 atom stereocenters. The van der Waals surface area contributed by atoms with Crippen LogP contribution in [0.25, 0.3) is 0 Å². The van der Waals surface area contributed by atoms with Crippen LogP contribution in [0.1, 0.15) is 38.4 Å². The summed E-state index contributed by atoms with van der Waals surface area (Å²) >= 11 is 1.64. The average Bonchev–Trinajstić information content (AvgIpc) is 2.91. The summed E-state index contributed by atoms with van der Waals surface area (Å²) in [7, 11) is 0. The minimum Gasteiger partial charge on any atom is -0.389 e. The second kappa shape index (κ2) is 7.59. The maximum Gasteiger partial charge on any atom is 0.318 e. The second-order valence-electron chi connectivity index (χ2n) is 6.83. The molecule has 6 nitrogen and oxygen atoms in total. The second-order valence-corrected chi connectivity index (χ2v) is 7.78. The van der Waals surface area contributed by atoms with Crippen LogP contribution in [0.15, 0.2) is 5.38 Å². The molecule has 2 N–H and O–H groups in total. The molecule has 0 aliphatic carbocycles. The van der Waals surface area contributed by atoms with Crippen LogP contribution in [0.5, 0.6) is 0 Å². The Morgan fingerprint density at radius 3 is 2.83 bits per heavy atom. The average molecular weight is 340 g/mol. The number of hydrogen-bond acceptors (Lipinski definition) is 5.